The Morgan fingerprint density at radius 2 is 1.94 bits per heavy atom. The summed E-state index contributed by atoms with van der Waals surface area (Å²) < 4.78 is 32.1. The number of fused-ring (bicyclic) bond motifs is 1. The zero-order valence-electron chi connectivity index (χ0n) is 19.4. The molecule has 0 bridgehead atoms. The molecule has 1 aliphatic heterocycles. The number of carbonyl (C=O) groups excluding carboxylic acids is 1. The lowest BCUT2D eigenvalue weighted by Gasteiger charge is -2.25. The number of methoxy groups -OCH3 is 2. The largest absolute Gasteiger partial charge is 0.493 e. The van der Waals surface area contributed by atoms with Crippen LogP contribution < -0.4 is 24.4 Å². The molecule has 35 heavy (non-hydrogen) atoms. The van der Waals surface area contributed by atoms with Gasteiger partial charge in [-0.25, -0.2) is 14.2 Å². The van der Waals surface area contributed by atoms with Crippen LogP contribution in [0.2, 0.25) is 0 Å². The third-order valence-electron chi connectivity index (χ3n) is 5.49. The van der Waals surface area contributed by atoms with Crippen molar-refractivity contribution in [3.05, 3.63) is 103 Å². The lowest BCUT2D eigenvalue weighted by atomic mass is 9.95. The minimum absolute atomic E-state index is 0.00592. The zero-order valence-corrected chi connectivity index (χ0v) is 20.2. The van der Waals surface area contributed by atoms with Crippen LogP contribution in [-0.4, -0.2) is 31.4 Å². The molecule has 4 rings (SSSR count). The molecule has 1 aliphatic rings. The predicted octanol–water partition coefficient (Wildman–Crippen LogP) is 3.12. The van der Waals surface area contributed by atoms with Crippen molar-refractivity contribution in [2.24, 2.45) is 4.99 Å². The number of rotatable bonds is 7. The number of carbonyl (C=O) groups is 1. The standard InChI is InChI=1S/C26H23FN2O5S/c1-5-12-34-25(31)22-15(2)28-26-29(23(22)17-10-11-19(32-3)20(13-17)33-4)24(30)21(35-26)14-16-8-6-7-9-18(16)27/h5-11,13-14,23H,1,12H2,2-4H3/b21-14+/t23-/m1/s1. The Morgan fingerprint density at radius 1 is 1.20 bits per heavy atom. The second kappa shape index (κ2) is 10.1. The maximum Gasteiger partial charge on any atom is 0.338 e. The summed E-state index contributed by atoms with van der Waals surface area (Å²) in [6.07, 6.45) is 2.95. The molecule has 1 atom stereocenters. The van der Waals surface area contributed by atoms with Crippen molar-refractivity contribution in [3.63, 3.8) is 0 Å². The van der Waals surface area contributed by atoms with E-state index in [1.807, 2.05) is 0 Å². The molecular weight excluding hydrogens is 471 g/mol. The summed E-state index contributed by atoms with van der Waals surface area (Å²) in [5.74, 6) is -0.124. The lowest BCUT2D eigenvalue weighted by molar-refractivity contribution is -0.138. The van der Waals surface area contributed by atoms with Crippen molar-refractivity contribution in [3.8, 4) is 11.5 Å². The first kappa shape index (κ1) is 24.2. The number of nitrogens with zero attached hydrogens (tertiary/aromatic N) is 2. The van der Waals surface area contributed by atoms with Crippen molar-refractivity contribution in [2.75, 3.05) is 20.8 Å². The van der Waals surface area contributed by atoms with Crippen LogP contribution in [0.3, 0.4) is 0 Å². The number of allylic oxidation sites excluding steroid dienone is 1. The highest BCUT2D eigenvalue weighted by Crippen LogP contribution is 2.36. The Morgan fingerprint density at radius 3 is 2.63 bits per heavy atom. The van der Waals surface area contributed by atoms with E-state index in [0.29, 0.717) is 27.6 Å². The molecule has 0 saturated carbocycles. The van der Waals surface area contributed by atoms with E-state index >= 15 is 0 Å². The van der Waals surface area contributed by atoms with Crippen LogP contribution in [0.1, 0.15) is 24.1 Å². The monoisotopic (exact) mass is 494 g/mol. The Hall–Kier alpha value is -3.98. The van der Waals surface area contributed by atoms with E-state index in [-0.39, 0.29) is 22.3 Å². The molecule has 1 aromatic heterocycles. The van der Waals surface area contributed by atoms with Gasteiger partial charge in [0, 0.05) is 5.56 Å². The fourth-order valence-corrected chi connectivity index (χ4v) is 4.90. The molecule has 0 amide bonds. The molecule has 180 valence electrons. The fourth-order valence-electron chi connectivity index (χ4n) is 3.87. The number of hydrogen-bond acceptors (Lipinski definition) is 7. The summed E-state index contributed by atoms with van der Waals surface area (Å²) in [4.78, 5) is 31.6. The van der Waals surface area contributed by atoms with Gasteiger partial charge in [-0.2, -0.15) is 0 Å². The summed E-state index contributed by atoms with van der Waals surface area (Å²) >= 11 is 1.12. The van der Waals surface area contributed by atoms with Gasteiger partial charge in [-0.15, -0.1) is 0 Å². The minimum Gasteiger partial charge on any atom is -0.493 e. The third kappa shape index (κ3) is 4.54. The maximum absolute atomic E-state index is 14.3. The van der Waals surface area contributed by atoms with Gasteiger partial charge in [0.1, 0.15) is 12.4 Å². The average Bonchev–Trinajstić information content (AvgIpc) is 3.16. The van der Waals surface area contributed by atoms with Gasteiger partial charge in [0.15, 0.2) is 16.3 Å². The highest BCUT2D eigenvalue weighted by atomic mass is 32.1. The molecular formula is C26H23FN2O5S. The second-order valence-corrected chi connectivity index (χ2v) is 8.61. The molecule has 0 saturated heterocycles. The van der Waals surface area contributed by atoms with Crippen LogP contribution >= 0.6 is 11.3 Å². The quantitative estimate of drug-likeness (QED) is 0.373. The summed E-state index contributed by atoms with van der Waals surface area (Å²) in [6.45, 7) is 5.27. The third-order valence-corrected chi connectivity index (χ3v) is 6.47. The Bertz CT molecular complexity index is 1520. The Labute approximate surface area is 204 Å². The first-order valence-electron chi connectivity index (χ1n) is 10.7. The number of esters is 1. The van der Waals surface area contributed by atoms with Gasteiger partial charge in [-0.05, 0) is 36.8 Å². The molecule has 3 aromatic rings. The molecule has 0 radical (unpaired) electrons. The van der Waals surface area contributed by atoms with Gasteiger partial charge in [0.2, 0.25) is 0 Å². The SMILES string of the molecule is C=CCOC(=O)C1=C(C)N=c2s/c(=C/c3ccccc3F)c(=O)n2[C@@H]1c1ccc(OC)c(OC)c1. The van der Waals surface area contributed by atoms with Crippen molar-refractivity contribution in [1.82, 2.24) is 4.57 Å². The second-order valence-electron chi connectivity index (χ2n) is 7.60. The summed E-state index contributed by atoms with van der Waals surface area (Å²) in [5.41, 5.74) is 1.10. The molecule has 7 nitrogen and oxygen atoms in total. The number of aromatic nitrogens is 1. The van der Waals surface area contributed by atoms with Crippen LogP contribution in [0.5, 0.6) is 11.5 Å². The Kier molecular flexibility index (Phi) is 6.97. The van der Waals surface area contributed by atoms with E-state index in [0.717, 1.165) is 11.3 Å². The van der Waals surface area contributed by atoms with Crippen molar-refractivity contribution < 1.29 is 23.4 Å². The molecule has 0 fully saturated rings. The normalized spacial score (nSPS) is 15.3. The van der Waals surface area contributed by atoms with Crippen LogP contribution in [0, 0.1) is 5.82 Å². The smallest absolute Gasteiger partial charge is 0.338 e. The van der Waals surface area contributed by atoms with E-state index < -0.39 is 23.4 Å². The van der Waals surface area contributed by atoms with Gasteiger partial charge in [0.25, 0.3) is 5.56 Å². The molecule has 2 heterocycles. The van der Waals surface area contributed by atoms with E-state index in [2.05, 4.69) is 11.6 Å². The molecule has 0 unspecified atom stereocenters. The predicted molar refractivity (Wildman–Crippen MR) is 131 cm³/mol. The number of hydrogen-bond donors (Lipinski definition) is 0. The van der Waals surface area contributed by atoms with E-state index in [9.17, 15) is 14.0 Å². The maximum atomic E-state index is 14.3. The van der Waals surface area contributed by atoms with Gasteiger partial charge in [0.05, 0.1) is 36.1 Å². The number of ether oxygens (including phenoxy) is 3. The average molecular weight is 495 g/mol. The van der Waals surface area contributed by atoms with Gasteiger partial charge in [-0.3, -0.25) is 9.36 Å². The first-order chi connectivity index (χ1) is 16.9. The van der Waals surface area contributed by atoms with Crippen molar-refractivity contribution in [2.45, 2.75) is 13.0 Å². The van der Waals surface area contributed by atoms with E-state index in [4.69, 9.17) is 14.2 Å². The van der Waals surface area contributed by atoms with Crippen molar-refractivity contribution >= 4 is 23.4 Å². The van der Waals surface area contributed by atoms with Crippen molar-refractivity contribution in [1.29, 1.82) is 0 Å². The highest BCUT2D eigenvalue weighted by Gasteiger charge is 2.34. The Balaban J connectivity index is 1.97. The number of thiazole rings is 1. The highest BCUT2D eigenvalue weighted by molar-refractivity contribution is 7.07. The van der Waals surface area contributed by atoms with E-state index in [1.165, 1.54) is 37.0 Å². The zero-order chi connectivity index (χ0) is 25.1. The molecule has 2 aromatic carbocycles. The minimum atomic E-state index is -0.842. The molecule has 0 aliphatic carbocycles. The van der Waals surface area contributed by atoms with Crippen LogP contribution in [0.4, 0.5) is 4.39 Å². The van der Waals surface area contributed by atoms with Crippen LogP contribution in [0.25, 0.3) is 6.08 Å². The van der Waals surface area contributed by atoms with E-state index in [1.54, 1.807) is 43.3 Å². The summed E-state index contributed by atoms with van der Waals surface area (Å²) in [5, 5.41) is 0. The summed E-state index contributed by atoms with van der Waals surface area (Å²) in [6, 6.07) is 10.5. The van der Waals surface area contributed by atoms with Crippen LogP contribution in [-0.2, 0) is 9.53 Å². The van der Waals surface area contributed by atoms with Gasteiger partial charge in [-0.1, -0.05) is 48.3 Å². The van der Waals surface area contributed by atoms with Gasteiger partial charge >= 0.3 is 5.97 Å². The topological polar surface area (TPSA) is 79.1 Å². The fraction of sp³-hybridized carbons (Fsp3) is 0.192. The van der Waals surface area contributed by atoms with Crippen LogP contribution in [0.15, 0.2) is 76.2 Å². The molecule has 0 N–H and O–H groups in total. The first-order valence-corrected chi connectivity index (χ1v) is 11.5. The molecule has 0 spiro atoms. The summed E-state index contributed by atoms with van der Waals surface area (Å²) in [7, 11) is 3.02. The number of halogens is 1. The lowest BCUT2D eigenvalue weighted by Crippen LogP contribution is -2.40. The van der Waals surface area contributed by atoms with Gasteiger partial charge < -0.3 is 14.2 Å². The number of benzene rings is 2. The molecule has 9 heteroatoms.